The first-order valence-electron chi connectivity index (χ1n) is 3.23. The molecule has 0 fully saturated rings. The standard InChI is InChI=1S/C6H14N2O2/c1-4-5(8(2)3)6(9)7-10/h5,10H,4H2,1-3H3,(H,7,9). The number of nitrogens with zero attached hydrogens (tertiary/aromatic N) is 1. The van der Waals surface area contributed by atoms with Crippen LogP contribution in [0.1, 0.15) is 13.3 Å². The van der Waals surface area contributed by atoms with Crippen molar-refractivity contribution in [3.05, 3.63) is 0 Å². The third kappa shape index (κ3) is 2.33. The van der Waals surface area contributed by atoms with E-state index in [9.17, 15) is 4.79 Å². The van der Waals surface area contributed by atoms with Gasteiger partial charge in [-0.15, -0.1) is 0 Å². The van der Waals surface area contributed by atoms with Crippen molar-refractivity contribution in [1.82, 2.24) is 10.4 Å². The van der Waals surface area contributed by atoms with Crippen molar-refractivity contribution < 1.29 is 10.0 Å². The molecule has 0 heterocycles. The summed E-state index contributed by atoms with van der Waals surface area (Å²) in [6.45, 7) is 1.89. The number of rotatable bonds is 3. The minimum absolute atomic E-state index is 0.231. The van der Waals surface area contributed by atoms with Crippen LogP contribution in [-0.2, 0) is 4.79 Å². The second kappa shape index (κ2) is 4.24. The van der Waals surface area contributed by atoms with Crippen molar-refractivity contribution in [2.24, 2.45) is 0 Å². The van der Waals surface area contributed by atoms with E-state index in [1.54, 1.807) is 24.5 Å². The first kappa shape index (κ1) is 9.39. The Morgan fingerprint density at radius 2 is 2.20 bits per heavy atom. The van der Waals surface area contributed by atoms with Crippen LogP contribution in [0.5, 0.6) is 0 Å². The number of carbonyl (C=O) groups is 1. The minimum atomic E-state index is -0.354. The smallest absolute Gasteiger partial charge is 0.260 e. The molecule has 0 aliphatic carbocycles. The average Bonchev–Trinajstić information content (AvgIpc) is 1.88. The van der Waals surface area contributed by atoms with Gasteiger partial charge in [0.25, 0.3) is 5.91 Å². The lowest BCUT2D eigenvalue weighted by Gasteiger charge is -2.19. The molecular formula is C6H14N2O2. The zero-order chi connectivity index (χ0) is 8.15. The van der Waals surface area contributed by atoms with Gasteiger partial charge in [0.15, 0.2) is 0 Å². The molecular weight excluding hydrogens is 132 g/mol. The first-order valence-corrected chi connectivity index (χ1v) is 3.23. The largest absolute Gasteiger partial charge is 0.298 e. The quantitative estimate of drug-likeness (QED) is 0.429. The van der Waals surface area contributed by atoms with Crippen molar-refractivity contribution in [3.63, 3.8) is 0 Å². The summed E-state index contributed by atoms with van der Waals surface area (Å²) >= 11 is 0. The molecule has 0 aromatic heterocycles. The highest BCUT2D eigenvalue weighted by molar-refractivity contribution is 5.80. The molecule has 1 unspecified atom stereocenters. The molecule has 0 aromatic rings. The number of amides is 1. The van der Waals surface area contributed by atoms with Crippen molar-refractivity contribution in [3.8, 4) is 0 Å². The molecule has 0 saturated carbocycles. The normalized spacial score (nSPS) is 13.3. The van der Waals surface area contributed by atoms with Gasteiger partial charge in [0.1, 0.15) is 0 Å². The van der Waals surface area contributed by atoms with E-state index >= 15 is 0 Å². The van der Waals surface area contributed by atoms with E-state index in [4.69, 9.17) is 5.21 Å². The van der Waals surface area contributed by atoms with Crippen LogP contribution in [0.25, 0.3) is 0 Å². The maximum atomic E-state index is 10.8. The van der Waals surface area contributed by atoms with E-state index in [1.807, 2.05) is 6.92 Å². The summed E-state index contributed by atoms with van der Waals surface area (Å²) in [7, 11) is 3.59. The second-order valence-electron chi connectivity index (χ2n) is 2.36. The van der Waals surface area contributed by atoms with Gasteiger partial charge >= 0.3 is 0 Å². The lowest BCUT2D eigenvalue weighted by Crippen LogP contribution is -2.41. The van der Waals surface area contributed by atoms with Crippen LogP contribution in [0.2, 0.25) is 0 Å². The summed E-state index contributed by atoms with van der Waals surface area (Å²) in [6, 6.07) is -0.231. The van der Waals surface area contributed by atoms with E-state index in [0.29, 0.717) is 6.42 Å². The van der Waals surface area contributed by atoms with E-state index in [1.165, 1.54) is 0 Å². The third-order valence-corrected chi connectivity index (χ3v) is 1.42. The molecule has 60 valence electrons. The van der Waals surface area contributed by atoms with Crippen molar-refractivity contribution in [2.75, 3.05) is 14.1 Å². The average molecular weight is 146 g/mol. The van der Waals surface area contributed by atoms with E-state index in [2.05, 4.69) is 0 Å². The molecule has 0 aromatic carbocycles. The Labute approximate surface area is 60.8 Å². The van der Waals surface area contributed by atoms with Crippen LogP contribution >= 0.6 is 0 Å². The van der Waals surface area contributed by atoms with Gasteiger partial charge in [0.05, 0.1) is 6.04 Å². The Kier molecular flexibility index (Phi) is 3.99. The van der Waals surface area contributed by atoms with E-state index in [-0.39, 0.29) is 11.9 Å². The maximum Gasteiger partial charge on any atom is 0.260 e. The summed E-state index contributed by atoms with van der Waals surface area (Å²) in [4.78, 5) is 12.5. The van der Waals surface area contributed by atoms with Crippen LogP contribution in [0.4, 0.5) is 0 Å². The molecule has 4 heteroatoms. The topological polar surface area (TPSA) is 52.6 Å². The monoisotopic (exact) mass is 146 g/mol. The minimum Gasteiger partial charge on any atom is -0.298 e. The molecule has 0 saturated heterocycles. The van der Waals surface area contributed by atoms with Crippen LogP contribution in [0, 0.1) is 0 Å². The molecule has 0 spiro atoms. The fourth-order valence-electron chi connectivity index (χ4n) is 0.860. The van der Waals surface area contributed by atoms with Gasteiger partial charge < -0.3 is 0 Å². The van der Waals surface area contributed by atoms with E-state index < -0.39 is 0 Å². The predicted octanol–water partition coefficient (Wildman–Crippen LogP) is -0.168. The Morgan fingerprint density at radius 3 is 2.30 bits per heavy atom. The molecule has 10 heavy (non-hydrogen) atoms. The Balaban J connectivity index is 3.93. The first-order chi connectivity index (χ1) is 4.63. The van der Waals surface area contributed by atoms with Gasteiger partial charge in [-0.25, -0.2) is 5.48 Å². The van der Waals surface area contributed by atoms with E-state index in [0.717, 1.165) is 0 Å². The molecule has 1 atom stereocenters. The van der Waals surface area contributed by atoms with Crippen LogP contribution in [0.3, 0.4) is 0 Å². The Hall–Kier alpha value is -0.610. The summed E-state index contributed by atoms with van der Waals surface area (Å²) in [5, 5.41) is 8.26. The fraction of sp³-hybridized carbons (Fsp3) is 0.833. The fourth-order valence-corrected chi connectivity index (χ4v) is 0.860. The Morgan fingerprint density at radius 1 is 1.70 bits per heavy atom. The highest BCUT2D eigenvalue weighted by atomic mass is 16.5. The number of hydroxylamine groups is 1. The SMILES string of the molecule is CCC(C(=O)NO)N(C)C. The lowest BCUT2D eigenvalue weighted by atomic mass is 10.2. The summed E-state index contributed by atoms with van der Waals surface area (Å²) in [5.41, 5.74) is 1.62. The van der Waals surface area contributed by atoms with Gasteiger partial charge in [0, 0.05) is 0 Å². The molecule has 2 N–H and O–H groups in total. The number of likely N-dealkylation sites (N-methyl/N-ethyl adjacent to an activating group) is 1. The molecule has 0 rings (SSSR count). The number of hydrogen-bond acceptors (Lipinski definition) is 3. The van der Waals surface area contributed by atoms with Crippen LogP contribution in [-0.4, -0.2) is 36.2 Å². The molecule has 0 aliphatic rings. The zero-order valence-electron chi connectivity index (χ0n) is 6.59. The maximum absolute atomic E-state index is 10.8. The van der Waals surface area contributed by atoms with Crippen LogP contribution in [0.15, 0.2) is 0 Å². The van der Waals surface area contributed by atoms with Gasteiger partial charge in [0.2, 0.25) is 0 Å². The van der Waals surface area contributed by atoms with Crippen molar-refractivity contribution in [2.45, 2.75) is 19.4 Å². The molecule has 0 bridgehead atoms. The zero-order valence-corrected chi connectivity index (χ0v) is 6.59. The summed E-state index contributed by atoms with van der Waals surface area (Å²) in [5.74, 6) is -0.354. The second-order valence-corrected chi connectivity index (χ2v) is 2.36. The summed E-state index contributed by atoms with van der Waals surface area (Å²) in [6.07, 6.45) is 0.694. The molecule has 0 aliphatic heterocycles. The molecule has 0 radical (unpaired) electrons. The van der Waals surface area contributed by atoms with Crippen LogP contribution < -0.4 is 5.48 Å². The highest BCUT2D eigenvalue weighted by Gasteiger charge is 2.16. The number of carbonyl (C=O) groups excluding carboxylic acids is 1. The van der Waals surface area contributed by atoms with Gasteiger partial charge in [-0.1, -0.05) is 6.92 Å². The number of nitrogens with one attached hydrogen (secondary N) is 1. The van der Waals surface area contributed by atoms with Crippen molar-refractivity contribution in [1.29, 1.82) is 0 Å². The summed E-state index contributed by atoms with van der Waals surface area (Å²) < 4.78 is 0. The Bertz CT molecular complexity index is 114. The number of hydrogen-bond donors (Lipinski definition) is 2. The lowest BCUT2D eigenvalue weighted by molar-refractivity contribution is -0.134. The molecule has 1 amide bonds. The predicted molar refractivity (Wildman–Crippen MR) is 37.7 cm³/mol. The van der Waals surface area contributed by atoms with Gasteiger partial charge in [-0.2, -0.15) is 0 Å². The van der Waals surface area contributed by atoms with Gasteiger partial charge in [-0.3, -0.25) is 14.9 Å². The molecule has 4 nitrogen and oxygen atoms in total. The van der Waals surface area contributed by atoms with Gasteiger partial charge in [-0.05, 0) is 20.5 Å². The third-order valence-electron chi connectivity index (χ3n) is 1.42. The van der Waals surface area contributed by atoms with Crippen molar-refractivity contribution >= 4 is 5.91 Å². The highest BCUT2D eigenvalue weighted by Crippen LogP contribution is 1.97.